The van der Waals surface area contributed by atoms with Crippen LogP contribution in [0.15, 0.2) is 24.3 Å². The molecule has 5 nitrogen and oxygen atoms in total. The number of carboxylic acids is 1. The number of benzene rings is 1. The van der Waals surface area contributed by atoms with Gasteiger partial charge in [-0.05, 0) is 37.2 Å². The lowest BCUT2D eigenvalue weighted by Gasteiger charge is -2.23. The van der Waals surface area contributed by atoms with Crippen molar-refractivity contribution in [2.24, 2.45) is 5.41 Å². The van der Waals surface area contributed by atoms with E-state index in [2.05, 4.69) is 0 Å². The first-order chi connectivity index (χ1) is 9.48. The monoisotopic (exact) mass is 277 g/mol. The molecule has 0 spiro atoms. The lowest BCUT2D eigenvalue weighted by molar-refractivity contribution is -0.384. The van der Waals surface area contributed by atoms with Crippen LogP contribution in [0.3, 0.4) is 0 Å². The van der Waals surface area contributed by atoms with Crippen molar-refractivity contribution in [3.63, 3.8) is 0 Å². The van der Waals surface area contributed by atoms with E-state index in [0.29, 0.717) is 19.3 Å². The van der Waals surface area contributed by atoms with Crippen molar-refractivity contribution in [1.29, 1.82) is 0 Å². The molecule has 0 radical (unpaired) electrons. The topological polar surface area (TPSA) is 80.4 Å². The number of carbonyl (C=O) groups is 1. The fourth-order valence-electron chi connectivity index (χ4n) is 3.29. The molecule has 20 heavy (non-hydrogen) atoms. The average molecular weight is 277 g/mol. The number of hydrogen-bond donors (Lipinski definition) is 1. The van der Waals surface area contributed by atoms with Gasteiger partial charge >= 0.3 is 5.97 Å². The van der Waals surface area contributed by atoms with Gasteiger partial charge in [0.15, 0.2) is 0 Å². The second-order valence-electron chi connectivity index (χ2n) is 5.62. The van der Waals surface area contributed by atoms with E-state index in [0.717, 1.165) is 18.4 Å². The van der Waals surface area contributed by atoms with Crippen molar-refractivity contribution in [2.75, 3.05) is 0 Å². The second-order valence-corrected chi connectivity index (χ2v) is 5.62. The minimum atomic E-state index is -0.705. The number of aliphatic carboxylic acids is 1. The van der Waals surface area contributed by atoms with E-state index >= 15 is 0 Å². The van der Waals surface area contributed by atoms with Gasteiger partial charge in [0.05, 0.1) is 10.3 Å². The molecule has 1 fully saturated rings. The number of nitrogens with zero attached hydrogens (tertiary/aromatic N) is 1. The summed E-state index contributed by atoms with van der Waals surface area (Å²) in [4.78, 5) is 21.8. The zero-order chi connectivity index (χ0) is 14.8. The summed E-state index contributed by atoms with van der Waals surface area (Å²) in [5, 5.41) is 20.1. The molecule has 0 amide bonds. The predicted molar refractivity (Wildman–Crippen MR) is 74.7 cm³/mol. The third-order valence-corrected chi connectivity index (χ3v) is 4.37. The summed E-state index contributed by atoms with van der Waals surface area (Å²) in [6.45, 7) is 2.00. The first kappa shape index (κ1) is 14.5. The summed E-state index contributed by atoms with van der Waals surface area (Å²) < 4.78 is 0. The van der Waals surface area contributed by atoms with Gasteiger partial charge in [0.1, 0.15) is 0 Å². The van der Waals surface area contributed by atoms with Crippen LogP contribution in [0.1, 0.15) is 50.5 Å². The highest BCUT2D eigenvalue weighted by Gasteiger charge is 2.44. The van der Waals surface area contributed by atoms with Crippen molar-refractivity contribution in [1.82, 2.24) is 0 Å². The summed E-state index contributed by atoms with van der Waals surface area (Å²) in [6.07, 6.45) is 3.72. The smallest absolute Gasteiger partial charge is 0.309 e. The van der Waals surface area contributed by atoms with Crippen LogP contribution < -0.4 is 0 Å². The highest BCUT2D eigenvalue weighted by Crippen LogP contribution is 2.49. The molecule has 5 heteroatoms. The molecule has 0 saturated heterocycles. The van der Waals surface area contributed by atoms with E-state index in [1.165, 1.54) is 12.1 Å². The molecule has 0 bridgehead atoms. The molecule has 108 valence electrons. The van der Waals surface area contributed by atoms with Crippen molar-refractivity contribution in [2.45, 2.75) is 44.9 Å². The molecule has 0 heterocycles. The number of rotatable bonds is 5. The Kier molecular flexibility index (Phi) is 4.06. The Bertz CT molecular complexity index is 511. The normalized spacial score (nSPS) is 25.6. The molecule has 0 aliphatic heterocycles. The lowest BCUT2D eigenvalue weighted by Crippen LogP contribution is -2.27. The van der Waals surface area contributed by atoms with Crippen molar-refractivity contribution in [3.8, 4) is 0 Å². The zero-order valence-corrected chi connectivity index (χ0v) is 11.5. The molecule has 1 aliphatic carbocycles. The lowest BCUT2D eigenvalue weighted by atomic mass is 9.80. The number of hydrogen-bond acceptors (Lipinski definition) is 3. The van der Waals surface area contributed by atoms with Gasteiger partial charge < -0.3 is 5.11 Å². The molecular weight excluding hydrogens is 258 g/mol. The first-order valence-electron chi connectivity index (χ1n) is 6.96. The maximum absolute atomic E-state index is 11.5. The largest absolute Gasteiger partial charge is 0.481 e. The van der Waals surface area contributed by atoms with E-state index < -0.39 is 16.3 Å². The van der Waals surface area contributed by atoms with Gasteiger partial charge in [-0.25, -0.2) is 0 Å². The van der Waals surface area contributed by atoms with Crippen LogP contribution in [0.5, 0.6) is 0 Å². The molecule has 0 unspecified atom stereocenters. The van der Waals surface area contributed by atoms with E-state index in [4.69, 9.17) is 0 Å². The molecule has 2 rings (SSSR count). The van der Waals surface area contributed by atoms with E-state index in [1.54, 1.807) is 12.1 Å². The molecule has 1 aliphatic rings. The van der Waals surface area contributed by atoms with Gasteiger partial charge in [-0.15, -0.1) is 0 Å². The first-order valence-corrected chi connectivity index (χ1v) is 6.96. The van der Waals surface area contributed by atoms with E-state index in [-0.39, 0.29) is 11.6 Å². The quantitative estimate of drug-likeness (QED) is 0.656. The summed E-state index contributed by atoms with van der Waals surface area (Å²) in [7, 11) is 0. The van der Waals surface area contributed by atoms with Crippen LogP contribution in [0, 0.1) is 15.5 Å². The molecule has 0 aromatic heterocycles. The number of nitro benzene ring substituents is 1. The number of non-ortho nitro benzene ring substituents is 1. The number of nitro groups is 1. The SMILES string of the molecule is CCC[C@@]1(C(=O)O)CC[C@H](c2ccc([N+](=O)[O-])cc2)C1. The molecular formula is C15H19NO4. The van der Waals surface area contributed by atoms with Crippen LogP contribution >= 0.6 is 0 Å². The van der Waals surface area contributed by atoms with Gasteiger partial charge in [-0.1, -0.05) is 25.5 Å². The molecule has 1 saturated carbocycles. The Labute approximate surface area is 117 Å². The van der Waals surface area contributed by atoms with Crippen LogP contribution in [0.2, 0.25) is 0 Å². The minimum Gasteiger partial charge on any atom is -0.481 e. The fraction of sp³-hybridized carbons (Fsp3) is 0.533. The molecule has 1 N–H and O–H groups in total. The van der Waals surface area contributed by atoms with Crippen LogP contribution in [0.4, 0.5) is 5.69 Å². The Morgan fingerprint density at radius 2 is 2.10 bits per heavy atom. The summed E-state index contributed by atoms with van der Waals surface area (Å²) in [5.41, 5.74) is 0.473. The summed E-state index contributed by atoms with van der Waals surface area (Å²) in [5.74, 6) is -0.512. The molecule has 1 aromatic rings. The van der Waals surface area contributed by atoms with Crippen LogP contribution in [0.25, 0.3) is 0 Å². The van der Waals surface area contributed by atoms with Gasteiger partial charge in [0.25, 0.3) is 5.69 Å². The highest BCUT2D eigenvalue weighted by atomic mass is 16.6. The maximum Gasteiger partial charge on any atom is 0.309 e. The van der Waals surface area contributed by atoms with Gasteiger partial charge in [-0.2, -0.15) is 0 Å². The predicted octanol–water partition coefficient (Wildman–Crippen LogP) is 3.73. The second kappa shape index (κ2) is 5.61. The van der Waals surface area contributed by atoms with Crippen LogP contribution in [-0.2, 0) is 4.79 Å². The van der Waals surface area contributed by atoms with Crippen molar-refractivity contribution in [3.05, 3.63) is 39.9 Å². The summed E-state index contributed by atoms with van der Waals surface area (Å²) >= 11 is 0. The summed E-state index contributed by atoms with van der Waals surface area (Å²) in [6, 6.07) is 6.51. The zero-order valence-electron chi connectivity index (χ0n) is 11.5. The third-order valence-electron chi connectivity index (χ3n) is 4.37. The maximum atomic E-state index is 11.5. The van der Waals surface area contributed by atoms with Crippen molar-refractivity contribution < 1.29 is 14.8 Å². The molecule has 1 aromatic carbocycles. The Morgan fingerprint density at radius 3 is 2.60 bits per heavy atom. The average Bonchev–Trinajstić information content (AvgIpc) is 2.85. The van der Waals surface area contributed by atoms with Gasteiger partial charge in [0.2, 0.25) is 0 Å². The standard InChI is InChI=1S/C15H19NO4/c1-2-8-15(14(17)18)9-7-12(10-15)11-3-5-13(6-4-11)16(19)20/h3-6,12H,2,7-10H2,1H3,(H,17,18)/t12-,15+/m0/s1. The van der Waals surface area contributed by atoms with E-state index in [1.807, 2.05) is 6.92 Å². The Hall–Kier alpha value is -1.91. The molecule has 2 atom stereocenters. The highest BCUT2D eigenvalue weighted by molar-refractivity contribution is 5.75. The third kappa shape index (κ3) is 2.66. The van der Waals surface area contributed by atoms with Crippen LogP contribution in [-0.4, -0.2) is 16.0 Å². The van der Waals surface area contributed by atoms with E-state index in [9.17, 15) is 20.0 Å². The van der Waals surface area contributed by atoms with Gasteiger partial charge in [0, 0.05) is 12.1 Å². The minimum absolute atomic E-state index is 0.0739. The van der Waals surface area contributed by atoms with Gasteiger partial charge in [-0.3, -0.25) is 14.9 Å². The Morgan fingerprint density at radius 1 is 1.45 bits per heavy atom. The fourth-order valence-corrected chi connectivity index (χ4v) is 3.29. The Balaban J connectivity index is 2.15. The van der Waals surface area contributed by atoms with Crippen molar-refractivity contribution >= 4 is 11.7 Å². The number of carboxylic acid groups (broad SMARTS) is 1.